The standard InChI is InChI=1S/C15H20ClFN2/c1-4-8-15(2,3)19-13-10-11(17)5-6-12(13)18-14(19)7-9-16/h5-6,10H,4,7-9H2,1-3H3. The number of imidazole rings is 1. The third-order valence-electron chi connectivity index (χ3n) is 3.47. The van der Waals surface area contributed by atoms with Crippen LogP contribution in [0.1, 0.15) is 39.4 Å². The number of alkyl halides is 1. The van der Waals surface area contributed by atoms with E-state index in [2.05, 4.69) is 30.3 Å². The smallest absolute Gasteiger partial charge is 0.125 e. The molecule has 1 heterocycles. The van der Waals surface area contributed by atoms with Crippen molar-refractivity contribution >= 4 is 22.6 Å². The Morgan fingerprint density at radius 1 is 1.37 bits per heavy atom. The number of aryl methyl sites for hydroxylation is 1. The number of benzene rings is 1. The maximum atomic E-state index is 13.5. The van der Waals surface area contributed by atoms with E-state index in [1.807, 2.05) is 0 Å². The average Bonchev–Trinajstić information content (AvgIpc) is 2.67. The fraction of sp³-hybridized carbons (Fsp3) is 0.533. The number of aromatic nitrogens is 2. The molecule has 0 saturated carbocycles. The summed E-state index contributed by atoms with van der Waals surface area (Å²) in [4.78, 5) is 4.60. The molecule has 0 bridgehead atoms. The number of hydrogen-bond acceptors (Lipinski definition) is 1. The molecule has 2 aromatic rings. The second-order valence-electron chi connectivity index (χ2n) is 5.50. The minimum absolute atomic E-state index is 0.0846. The van der Waals surface area contributed by atoms with Crippen LogP contribution in [-0.4, -0.2) is 15.4 Å². The zero-order chi connectivity index (χ0) is 14.0. The summed E-state index contributed by atoms with van der Waals surface area (Å²) in [5, 5.41) is 0. The molecule has 0 aliphatic carbocycles. The molecular weight excluding hydrogens is 263 g/mol. The first kappa shape index (κ1) is 14.3. The van der Waals surface area contributed by atoms with Gasteiger partial charge in [-0.3, -0.25) is 0 Å². The summed E-state index contributed by atoms with van der Waals surface area (Å²) in [7, 11) is 0. The minimum atomic E-state index is -0.224. The van der Waals surface area contributed by atoms with E-state index in [0.29, 0.717) is 12.3 Å². The van der Waals surface area contributed by atoms with Crippen molar-refractivity contribution < 1.29 is 4.39 Å². The Hall–Kier alpha value is -1.09. The van der Waals surface area contributed by atoms with E-state index in [9.17, 15) is 4.39 Å². The van der Waals surface area contributed by atoms with Crippen LogP contribution < -0.4 is 0 Å². The van der Waals surface area contributed by atoms with Crippen molar-refractivity contribution in [3.63, 3.8) is 0 Å². The molecule has 0 amide bonds. The first-order chi connectivity index (χ1) is 8.99. The second-order valence-corrected chi connectivity index (χ2v) is 5.88. The molecule has 1 aromatic carbocycles. The highest BCUT2D eigenvalue weighted by atomic mass is 35.5. The van der Waals surface area contributed by atoms with Crippen LogP contribution in [-0.2, 0) is 12.0 Å². The fourth-order valence-corrected chi connectivity index (χ4v) is 2.92. The highest BCUT2D eigenvalue weighted by molar-refractivity contribution is 6.17. The molecule has 0 radical (unpaired) electrons. The Labute approximate surface area is 118 Å². The van der Waals surface area contributed by atoms with Gasteiger partial charge in [-0.25, -0.2) is 9.37 Å². The maximum absolute atomic E-state index is 13.5. The summed E-state index contributed by atoms with van der Waals surface area (Å²) in [6, 6.07) is 4.76. The molecule has 0 atom stereocenters. The van der Waals surface area contributed by atoms with Crippen LogP contribution in [0.15, 0.2) is 18.2 Å². The van der Waals surface area contributed by atoms with Gasteiger partial charge in [0.15, 0.2) is 0 Å². The third kappa shape index (κ3) is 2.76. The Kier molecular flexibility index (Phi) is 4.14. The zero-order valence-corrected chi connectivity index (χ0v) is 12.5. The first-order valence-corrected chi connectivity index (χ1v) is 7.26. The van der Waals surface area contributed by atoms with Gasteiger partial charge in [-0.2, -0.15) is 0 Å². The monoisotopic (exact) mass is 282 g/mol. The topological polar surface area (TPSA) is 17.8 Å². The Balaban J connectivity index is 2.66. The van der Waals surface area contributed by atoms with E-state index in [4.69, 9.17) is 11.6 Å². The van der Waals surface area contributed by atoms with E-state index in [1.165, 1.54) is 6.07 Å². The minimum Gasteiger partial charge on any atom is -0.322 e. The van der Waals surface area contributed by atoms with Gasteiger partial charge in [0.05, 0.1) is 11.0 Å². The lowest BCUT2D eigenvalue weighted by Gasteiger charge is -2.29. The van der Waals surface area contributed by atoms with Crippen LogP contribution in [0.25, 0.3) is 11.0 Å². The maximum Gasteiger partial charge on any atom is 0.125 e. The van der Waals surface area contributed by atoms with E-state index < -0.39 is 0 Å². The molecule has 0 aliphatic heterocycles. The normalized spacial score (nSPS) is 12.3. The first-order valence-electron chi connectivity index (χ1n) is 6.73. The number of rotatable bonds is 5. The van der Waals surface area contributed by atoms with Crippen molar-refractivity contribution in [2.75, 3.05) is 5.88 Å². The average molecular weight is 283 g/mol. The summed E-state index contributed by atoms with van der Waals surface area (Å²) in [6.07, 6.45) is 2.79. The highest BCUT2D eigenvalue weighted by Gasteiger charge is 2.25. The van der Waals surface area contributed by atoms with E-state index in [-0.39, 0.29) is 11.4 Å². The molecule has 1 aromatic heterocycles. The molecule has 0 N–H and O–H groups in total. The predicted molar refractivity (Wildman–Crippen MR) is 78.3 cm³/mol. The molecule has 2 nitrogen and oxygen atoms in total. The molecule has 0 saturated heterocycles. The lowest BCUT2D eigenvalue weighted by molar-refractivity contribution is 0.324. The van der Waals surface area contributed by atoms with Gasteiger partial charge in [-0.1, -0.05) is 13.3 Å². The number of nitrogens with zero attached hydrogens (tertiary/aromatic N) is 2. The van der Waals surface area contributed by atoms with E-state index >= 15 is 0 Å². The van der Waals surface area contributed by atoms with Crippen molar-refractivity contribution in [1.29, 1.82) is 0 Å². The van der Waals surface area contributed by atoms with Gasteiger partial charge in [0, 0.05) is 17.8 Å². The van der Waals surface area contributed by atoms with E-state index in [1.54, 1.807) is 12.1 Å². The molecule has 2 rings (SSSR count). The molecule has 0 spiro atoms. The summed E-state index contributed by atoms with van der Waals surface area (Å²) in [5.41, 5.74) is 1.61. The summed E-state index contributed by atoms with van der Waals surface area (Å²) in [5.74, 6) is 1.24. The van der Waals surface area contributed by atoms with Gasteiger partial charge in [0.2, 0.25) is 0 Å². The zero-order valence-electron chi connectivity index (χ0n) is 11.7. The van der Waals surface area contributed by atoms with Gasteiger partial charge in [-0.15, -0.1) is 11.6 Å². The predicted octanol–water partition coefficient (Wildman–Crippen LogP) is 4.49. The van der Waals surface area contributed by atoms with Crippen LogP contribution in [0.2, 0.25) is 0 Å². The summed E-state index contributed by atoms with van der Waals surface area (Å²) < 4.78 is 15.7. The molecule has 19 heavy (non-hydrogen) atoms. The van der Waals surface area contributed by atoms with Crippen molar-refractivity contribution in [2.45, 2.75) is 45.6 Å². The molecule has 4 heteroatoms. The van der Waals surface area contributed by atoms with Crippen molar-refractivity contribution in [2.24, 2.45) is 0 Å². The SMILES string of the molecule is CCCC(C)(C)n1c(CCCl)nc2ccc(F)cc21. The van der Waals surface area contributed by atoms with Crippen LogP contribution >= 0.6 is 11.6 Å². The molecule has 0 unspecified atom stereocenters. The molecular formula is C15H20ClFN2. The Bertz CT molecular complexity index is 575. The molecule has 0 aliphatic rings. The Morgan fingerprint density at radius 2 is 2.11 bits per heavy atom. The van der Waals surface area contributed by atoms with Gasteiger partial charge in [0.25, 0.3) is 0 Å². The summed E-state index contributed by atoms with van der Waals surface area (Å²) in [6.45, 7) is 6.49. The van der Waals surface area contributed by atoms with Gasteiger partial charge in [-0.05, 0) is 38.5 Å². The van der Waals surface area contributed by atoms with Crippen molar-refractivity contribution in [3.8, 4) is 0 Å². The number of halogens is 2. The van der Waals surface area contributed by atoms with Crippen molar-refractivity contribution in [1.82, 2.24) is 9.55 Å². The van der Waals surface area contributed by atoms with Gasteiger partial charge >= 0.3 is 0 Å². The quantitative estimate of drug-likeness (QED) is 0.739. The number of hydrogen-bond donors (Lipinski definition) is 0. The molecule has 0 fully saturated rings. The summed E-state index contributed by atoms with van der Waals surface area (Å²) >= 11 is 5.87. The lowest BCUT2D eigenvalue weighted by Crippen LogP contribution is -2.28. The van der Waals surface area contributed by atoms with Crippen LogP contribution in [0.3, 0.4) is 0 Å². The van der Waals surface area contributed by atoms with Crippen LogP contribution in [0.5, 0.6) is 0 Å². The van der Waals surface area contributed by atoms with Crippen LogP contribution in [0, 0.1) is 5.82 Å². The fourth-order valence-electron chi connectivity index (χ4n) is 2.75. The van der Waals surface area contributed by atoms with E-state index in [0.717, 1.165) is 29.7 Å². The highest BCUT2D eigenvalue weighted by Crippen LogP contribution is 2.29. The molecule has 104 valence electrons. The third-order valence-corrected chi connectivity index (χ3v) is 3.66. The van der Waals surface area contributed by atoms with Gasteiger partial charge < -0.3 is 4.57 Å². The van der Waals surface area contributed by atoms with Gasteiger partial charge in [0.1, 0.15) is 11.6 Å². The van der Waals surface area contributed by atoms with Crippen molar-refractivity contribution in [3.05, 3.63) is 29.8 Å². The lowest BCUT2D eigenvalue weighted by atomic mass is 9.97. The second kappa shape index (κ2) is 5.49. The Morgan fingerprint density at radius 3 is 2.74 bits per heavy atom. The largest absolute Gasteiger partial charge is 0.322 e. The van der Waals surface area contributed by atoms with Crippen LogP contribution in [0.4, 0.5) is 4.39 Å². The number of fused-ring (bicyclic) bond motifs is 1.